The first-order valence-electron chi connectivity index (χ1n) is 7.32. The van der Waals surface area contributed by atoms with Gasteiger partial charge in [-0.15, -0.1) is 10.2 Å². The third-order valence-electron chi connectivity index (χ3n) is 3.81. The Balaban J connectivity index is 2.00. The minimum atomic E-state index is -0.283. The normalized spacial score (nSPS) is 19.0. The number of hydrogen-bond donors (Lipinski definition) is 0. The van der Waals surface area contributed by atoms with Crippen LogP contribution in [0.15, 0.2) is 12.4 Å². The molecule has 112 valence electrons. The summed E-state index contributed by atoms with van der Waals surface area (Å²) in [5.74, 6) is 1.33. The second kappa shape index (κ2) is 5.67. The lowest BCUT2D eigenvalue weighted by Gasteiger charge is -2.34. The summed E-state index contributed by atoms with van der Waals surface area (Å²) >= 11 is 0. The van der Waals surface area contributed by atoms with Crippen LogP contribution in [0, 0.1) is 6.92 Å². The zero-order chi connectivity index (χ0) is 14.8. The number of aryl methyl sites for hydroxylation is 1. The first kappa shape index (κ1) is 13.8. The summed E-state index contributed by atoms with van der Waals surface area (Å²) in [5, 5.41) is 8.28. The Bertz CT molecular complexity index is 654. The van der Waals surface area contributed by atoms with Crippen molar-refractivity contribution in [1.82, 2.24) is 19.6 Å². The predicted octanol–water partition coefficient (Wildman–Crippen LogP) is 1.35. The standard InChI is InChI=1S/C14H19N5O2/c1-3-21-14(20)11-6-4-5-8-19(11)12-13-17-16-10(2)18(13)9-7-15-12/h7,9,11H,3-6,8H2,1-2H3. The molecule has 0 radical (unpaired) electrons. The Morgan fingerprint density at radius 1 is 1.43 bits per heavy atom. The Labute approximate surface area is 122 Å². The van der Waals surface area contributed by atoms with Crippen LogP contribution < -0.4 is 4.90 Å². The van der Waals surface area contributed by atoms with Gasteiger partial charge in [0.15, 0.2) is 5.82 Å². The summed E-state index contributed by atoms with van der Waals surface area (Å²) in [6.45, 7) is 4.89. The molecule has 1 fully saturated rings. The number of esters is 1. The Morgan fingerprint density at radius 3 is 3.10 bits per heavy atom. The van der Waals surface area contributed by atoms with E-state index >= 15 is 0 Å². The summed E-state index contributed by atoms with van der Waals surface area (Å²) in [6.07, 6.45) is 6.39. The van der Waals surface area contributed by atoms with E-state index in [4.69, 9.17) is 4.74 Å². The third kappa shape index (κ3) is 2.43. The summed E-state index contributed by atoms with van der Waals surface area (Å²) < 4.78 is 7.09. The van der Waals surface area contributed by atoms with E-state index in [-0.39, 0.29) is 12.0 Å². The molecular formula is C14H19N5O2. The summed E-state index contributed by atoms with van der Waals surface area (Å²) in [6, 6.07) is -0.283. The molecule has 1 aliphatic heterocycles. The molecule has 21 heavy (non-hydrogen) atoms. The molecule has 2 aromatic rings. The van der Waals surface area contributed by atoms with Gasteiger partial charge in [-0.2, -0.15) is 0 Å². The largest absolute Gasteiger partial charge is 0.464 e. The molecule has 0 N–H and O–H groups in total. The van der Waals surface area contributed by atoms with Crippen LogP contribution in [0.2, 0.25) is 0 Å². The van der Waals surface area contributed by atoms with Crippen molar-refractivity contribution in [3.8, 4) is 0 Å². The molecule has 0 bridgehead atoms. The van der Waals surface area contributed by atoms with Gasteiger partial charge in [0.05, 0.1) is 6.61 Å². The molecule has 3 rings (SSSR count). The zero-order valence-corrected chi connectivity index (χ0v) is 12.3. The van der Waals surface area contributed by atoms with E-state index in [0.29, 0.717) is 18.1 Å². The molecule has 1 atom stereocenters. The minimum Gasteiger partial charge on any atom is -0.464 e. The van der Waals surface area contributed by atoms with Gasteiger partial charge in [0, 0.05) is 18.9 Å². The molecule has 0 saturated carbocycles. The maximum Gasteiger partial charge on any atom is 0.328 e. The Kier molecular flexibility index (Phi) is 3.72. The molecule has 2 aromatic heterocycles. The summed E-state index contributed by atoms with van der Waals surface area (Å²) in [7, 11) is 0. The average molecular weight is 289 g/mol. The van der Waals surface area contributed by atoms with Crippen LogP contribution in [-0.4, -0.2) is 44.7 Å². The van der Waals surface area contributed by atoms with Crippen molar-refractivity contribution in [1.29, 1.82) is 0 Å². The fourth-order valence-electron chi connectivity index (χ4n) is 2.80. The van der Waals surface area contributed by atoms with Gasteiger partial charge in [-0.1, -0.05) is 0 Å². The van der Waals surface area contributed by atoms with E-state index in [1.165, 1.54) is 0 Å². The lowest BCUT2D eigenvalue weighted by Crippen LogP contribution is -2.46. The van der Waals surface area contributed by atoms with Crippen molar-refractivity contribution in [2.75, 3.05) is 18.1 Å². The average Bonchev–Trinajstić information content (AvgIpc) is 2.89. The van der Waals surface area contributed by atoms with E-state index < -0.39 is 0 Å². The highest BCUT2D eigenvalue weighted by Crippen LogP contribution is 2.26. The highest BCUT2D eigenvalue weighted by atomic mass is 16.5. The van der Waals surface area contributed by atoms with E-state index in [0.717, 1.165) is 31.6 Å². The van der Waals surface area contributed by atoms with Gasteiger partial charge < -0.3 is 9.64 Å². The van der Waals surface area contributed by atoms with Gasteiger partial charge in [0.25, 0.3) is 0 Å². The number of rotatable bonds is 3. The van der Waals surface area contributed by atoms with Crippen LogP contribution in [0.1, 0.15) is 32.0 Å². The van der Waals surface area contributed by atoms with Gasteiger partial charge in [0.1, 0.15) is 11.9 Å². The number of carbonyl (C=O) groups excluding carboxylic acids is 1. The Hall–Kier alpha value is -2.18. The molecule has 1 aliphatic rings. The highest BCUT2D eigenvalue weighted by Gasteiger charge is 2.32. The van der Waals surface area contributed by atoms with Gasteiger partial charge in [-0.25, -0.2) is 9.78 Å². The predicted molar refractivity (Wildman–Crippen MR) is 77.1 cm³/mol. The van der Waals surface area contributed by atoms with Gasteiger partial charge in [-0.3, -0.25) is 4.40 Å². The number of aromatic nitrogens is 4. The molecule has 7 heteroatoms. The maximum absolute atomic E-state index is 12.2. The van der Waals surface area contributed by atoms with Crippen molar-refractivity contribution < 1.29 is 9.53 Å². The fourth-order valence-corrected chi connectivity index (χ4v) is 2.80. The first-order valence-corrected chi connectivity index (χ1v) is 7.32. The van der Waals surface area contributed by atoms with Crippen molar-refractivity contribution in [3.63, 3.8) is 0 Å². The van der Waals surface area contributed by atoms with Crippen molar-refractivity contribution in [2.24, 2.45) is 0 Å². The maximum atomic E-state index is 12.2. The van der Waals surface area contributed by atoms with Crippen LogP contribution >= 0.6 is 0 Å². The van der Waals surface area contributed by atoms with E-state index in [2.05, 4.69) is 15.2 Å². The third-order valence-corrected chi connectivity index (χ3v) is 3.81. The van der Waals surface area contributed by atoms with Crippen LogP contribution in [0.25, 0.3) is 5.65 Å². The number of fused-ring (bicyclic) bond motifs is 1. The Morgan fingerprint density at radius 2 is 2.29 bits per heavy atom. The molecule has 0 aromatic carbocycles. The second-order valence-corrected chi connectivity index (χ2v) is 5.15. The number of piperidine rings is 1. The minimum absolute atomic E-state index is 0.183. The van der Waals surface area contributed by atoms with Gasteiger partial charge in [0.2, 0.25) is 5.65 Å². The van der Waals surface area contributed by atoms with Crippen molar-refractivity contribution in [3.05, 3.63) is 18.2 Å². The second-order valence-electron chi connectivity index (χ2n) is 5.15. The number of anilines is 1. The number of nitrogens with zero attached hydrogens (tertiary/aromatic N) is 5. The van der Waals surface area contributed by atoms with Crippen molar-refractivity contribution >= 4 is 17.4 Å². The number of ether oxygens (including phenoxy) is 1. The smallest absolute Gasteiger partial charge is 0.328 e. The molecule has 1 saturated heterocycles. The van der Waals surface area contributed by atoms with Crippen LogP contribution in [0.5, 0.6) is 0 Å². The SMILES string of the molecule is CCOC(=O)C1CCCCN1c1nccn2c(C)nnc12. The van der Waals surface area contributed by atoms with Gasteiger partial charge in [-0.05, 0) is 33.1 Å². The molecular weight excluding hydrogens is 270 g/mol. The molecule has 0 aliphatic carbocycles. The highest BCUT2D eigenvalue weighted by molar-refractivity contribution is 5.82. The van der Waals surface area contributed by atoms with Crippen LogP contribution in [0.3, 0.4) is 0 Å². The lowest BCUT2D eigenvalue weighted by atomic mass is 10.0. The molecule has 0 amide bonds. The monoisotopic (exact) mass is 289 g/mol. The van der Waals surface area contributed by atoms with Gasteiger partial charge >= 0.3 is 5.97 Å². The topological polar surface area (TPSA) is 72.6 Å². The van der Waals surface area contributed by atoms with Crippen molar-refractivity contribution in [2.45, 2.75) is 39.2 Å². The van der Waals surface area contributed by atoms with Crippen LogP contribution in [0.4, 0.5) is 5.82 Å². The molecule has 3 heterocycles. The first-order chi connectivity index (χ1) is 10.2. The van der Waals surface area contributed by atoms with E-state index in [9.17, 15) is 4.79 Å². The number of hydrogen-bond acceptors (Lipinski definition) is 6. The lowest BCUT2D eigenvalue weighted by molar-refractivity contribution is -0.145. The van der Waals surface area contributed by atoms with E-state index in [1.807, 2.05) is 29.3 Å². The van der Waals surface area contributed by atoms with E-state index in [1.54, 1.807) is 6.20 Å². The molecule has 0 spiro atoms. The van der Waals surface area contributed by atoms with Crippen LogP contribution in [-0.2, 0) is 9.53 Å². The molecule has 7 nitrogen and oxygen atoms in total. The fraction of sp³-hybridized carbons (Fsp3) is 0.571. The zero-order valence-electron chi connectivity index (χ0n) is 12.3. The quantitative estimate of drug-likeness (QED) is 0.794. The summed E-state index contributed by atoms with van der Waals surface area (Å²) in [4.78, 5) is 18.6. The molecule has 1 unspecified atom stereocenters. The number of carbonyl (C=O) groups is 1. The summed E-state index contributed by atoms with van der Waals surface area (Å²) in [5.41, 5.74) is 0.686.